The normalized spacial score (nSPS) is 23.0. The first kappa shape index (κ1) is 18.8. The van der Waals surface area contributed by atoms with Crippen molar-refractivity contribution in [3.05, 3.63) is 40.8 Å². The van der Waals surface area contributed by atoms with Gasteiger partial charge in [-0.2, -0.15) is 0 Å². The van der Waals surface area contributed by atoms with Gasteiger partial charge in [0.2, 0.25) is 0 Å². The number of rotatable bonds is 4. The smallest absolute Gasteiger partial charge is 0.255 e. The van der Waals surface area contributed by atoms with Crippen LogP contribution in [0.3, 0.4) is 0 Å². The van der Waals surface area contributed by atoms with E-state index in [0.717, 1.165) is 12.0 Å². The van der Waals surface area contributed by atoms with Gasteiger partial charge in [0.25, 0.3) is 5.91 Å². The number of fused-ring (bicyclic) bond motifs is 1. The lowest BCUT2D eigenvalue weighted by Gasteiger charge is -2.27. The van der Waals surface area contributed by atoms with Crippen LogP contribution in [0.1, 0.15) is 44.2 Å². The maximum absolute atomic E-state index is 14.4. The summed E-state index contributed by atoms with van der Waals surface area (Å²) in [4.78, 5) is 12.8. The number of carbonyl (C=O) groups is 1. The number of nitrogens with zero attached hydrogens (tertiary/aromatic N) is 1. The van der Waals surface area contributed by atoms with Crippen molar-refractivity contribution >= 4 is 11.6 Å². The molecule has 0 saturated carbocycles. The Hall–Kier alpha value is -2.02. The number of carbonyl (C=O) groups excluding carboxylic acids is 1. The summed E-state index contributed by atoms with van der Waals surface area (Å²) in [6, 6.07) is 2.85. The highest BCUT2D eigenvalue weighted by molar-refractivity contribution is 6.06. The van der Waals surface area contributed by atoms with Crippen LogP contribution in [-0.2, 0) is 10.2 Å². The number of hydrogen-bond donors (Lipinski definition) is 2. The van der Waals surface area contributed by atoms with Crippen LogP contribution < -0.4 is 10.7 Å². The van der Waals surface area contributed by atoms with Gasteiger partial charge in [0.1, 0.15) is 24.7 Å². The Morgan fingerprint density at radius 2 is 2.00 bits per heavy atom. The van der Waals surface area contributed by atoms with Gasteiger partial charge in [-0.1, -0.05) is 20.8 Å². The molecule has 1 aromatic rings. The zero-order valence-electron chi connectivity index (χ0n) is 15.4. The molecule has 1 aromatic carbocycles. The fraction of sp³-hybridized carbons (Fsp3) is 0.526. The monoisotopic (exact) mass is 367 g/mol. The van der Waals surface area contributed by atoms with Crippen molar-refractivity contribution in [3.8, 4) is 0 Å². The summed E-state index contributed by atoms with van der Waals surface area (Å²) in [6.07, 6.45) is 2.14. The number of halogens is 3. The third-order valence-corrected chi connectivity index (χ3v) is 5.36. The average molecular weight is 367 g/mol. The summed E-state index contributed by atoms with van der Waals surface area (Å²) in [7, 11) is 1.57. The summed E-state index contributed by atoms with van der Waals surface area (Å²) >= 11 is 0. The Balaban J connectivity index is 1.97. The van der Waals surface area contributed by atoms with Crippen molar-refractivity contribution < 1.29 is 18.0 Å². The van der Waals surface area contributed by atoms with E-state index >= 15 is 0 Å². The molecular formula is C19H24F3N3O. The van der Waals surface area contributed by atoms with Crippen molar-refractivity contribution in [2.24, 2.45) is 0 Å². The molecule has 0 aromatic heterocycles. The molecule has 26 heavy (non-hydrogen) atoms. The molecule has 7 heteroatoms. The topological polar surface area (TPSA) is 44.4 Å². The molecular weight excluding hydrogens is 343 g/mol. The van der Waals surface area contributed by atoms with Crippen molar-refractivity contribution in [3.63, 3.8) is 0 Å². The fourth-order valence-corrected chi connectivity index (χ4v) is 4.32. The predicted octanol–water partition coefficient (Wildman–Crippen LogP) is 3.56. The maximum atomic E-state index is 14.4. The van der Waals surface area contributed by atoms with Crippen LogP contribution in [0, 0.1) is 5.82 Å². The summed E-state index contributed by atoms with van der Waals surface area (Å²) in [6.45, 7) is 3.82. The first-order valence-electron chi connectivity index (χ1n) is 8.64. The summed E-state index contributed by atoms with van der Waals surface area (Å²) in [5.74, 6) is -0.824. The second-order valence-electron chi connectivity index (χ2n) is 7.94. The van der Waals surface area contributed by atoms with Gasteiger partial charge in [0, 0.05) is 18.9 Å². The lowest BCUT2D eigenvalue weighted by molar-refractivity contribution is -0.113. The highest BCUT2D eigenvalue weighted by atomic mass is 19.1. The standard InChI is InChI=1S/C19H24F3N3O/c1-11-7-18(2,3)16-13(22)5-6-14(15(11)16)23-17(26)12-8-25(4)24-19(12,9-20)10-21/h5-6,8,11,24H,7,9-10H2,1-4H3,(H,23,26). The van der Waals surface area contributed by atoms with Crippen molar-refractivity contribution in [2.45, 2.75) is 44.1 Å². The molecule has 1 amide bonds. The molecule has 2 aliphatic rings. The van der Waals surface area contributed by atoms with Crippen LogP contribution in [0.25, 0.3) is 0 Å². The Bertz CT molecular complexity index is 772. The summed E-state index contributed by atoms with van der Waals surface area (Å²) in [5.41, 5.74) is 2.44. The molecule has 0 radical (unpaired) electrons. The number of hydrogen-bond acceptors (Lipinski definition) is 3. The van der Waals surface area contributed by atoms with Gasteiger partial charge in [-0.05, 0) is 41.0 Å². The average Bonchev–Trinajstić information content (AvgIpc) is 3.04. The first-order valence-corrected chi connectivity index (χ1v) is 8.64. The van der Waals surface area contributed by atoms with Crippen LogP contribution in [0.4, 0.5) is 18.9 Å². The van der Waals surface area contributed by atoms with Crippen LogP contribution in [-0.4, -0.2) is 36.9 Å². The third-order valence-electron chi connectivity index (χ3n) is 5.36. The number of hydrazine groups is 1. The largest absolute Gasteiger partial charge is 0.322 e. The minimum Gasteiger partial charge on any atom is -0.322 e. The second kappa shape index (κ2) is 6.30. The number of nitrogens with one attached hydrogen (secondary N) is 2. The van der Waals surface area contributed by atoms with Crippen LogP contribution in [0.5, 0.6) is 0 Å². The second-order valence-corrected chi connectivity index (χ2v) is 7.94. The van der Waals surface area contributed by atoms with E-state index in [1.807, 2.05) is 20.8 Å². The van der Waals surface area contributed by atoms with Crippen LogP contribution in [0.15, 0.2) is 23.9 Å². The molecule has 2 N–H and O–H groups in total. The zero-order valence-corrected chi connectivity index (χ0v) is 15.4. The van der Waals surface area contributed by atoms with E-state index in [1.165, 1.54) is 23.3 Å². The van der Waals surface area contributed by atoms with Crippen molar-refractivity contribution in [2.75, 3.05) is 25.7 Å². The summed E-state index contributed by atoms with van der Waals surface area (Å²) < 4.78 is 41.4. The van der Waals surface area contributed by atoms with E-state index in [1.54, 1.807) is 7.05 Å². The lowest BCUT2D eigenvalue weighted by Crippen LogP contribution is -2.52. The number of anilines is 1. The Morgan fingerprint density at radius 1 is 1.35 bits per heavy atom. The lowest BCUT2D eigenvalue weighted by atomic mass is 9.85. The van der Waals surface area contributed by atoms with Crippen molar-refractivity contribution in [1.29, 1.82) is 0 Å². The van der Waals surface area contributed by atoms with E-state index in [-0.39, 0.29) is 22.7 Å². The molecule has 1 heterocycles. The van der Waals surface area contributed by atoms with Gasteiger partial charge in [-0.3, -0.25) is 4.79 Å². The molecule has 0 spiro atoms. The van der Waals surface area contributed by atoms with E-state index in [9.17, 15) is 18.0 Å². The molecule has 1 aliphatic carbocycles. The highest BCUT2D eigenvalue weighted by Crippen LogP contribution is 2.49. The Kier molecular flexibility index (Phi) is 4.55. The fourth-order valence-electron chi connectivity index (χ4n) is 4.32. The number of amides is 1. The van der Waals surface area contributed by atoms with Gasteiger partial charge < -0.3 is 10.3 Å². The van der Waals surface area contributed by atoms with Gasteiger partial charge >= 0.3 is 0 Å². The Morgan fingerprint density at radius 3 is 2.62 bits per heavy atom. The molecule has 4 nitrogen and oxygen atoms in total. The molecule has 1 atom stereocenters. The highest BCUT2D eigenvalue weighted by Gasteiger charge is 2.45. The van der Waals surface area contributed by atoms with Gasteiger partial charge in [-0.15, -0.1) is 0 Å². The molecule has 1 unspecified atom stereocenters. The van der Waals surface area contributed by atoms with Crippen LogP contribution in [0.2, 0.25) is 0 Å². The van der Waals surface area contributed by atoms with Crippen molar-refractivity contribution in [1.82, 2.24) is 10.4 Å². The van der Waals surface area contributed by atoms with Gasteiger partial charge in [0.15, 0.2) is 0 Å². The molecule has 3 rings (SSSR count). The van der Waals surface area contributed by atoms with E-state index < -0.39 is 24.8 Å². The molecule has 1 aliphatic heterocycles. The number of benzene rings is 1. The Labute approximate surface area is 151 Å². The van der Waals surface area contributed by atoms with Gasteiger partial charge in [0.05, 0.1) is 5.57 Å². The summed E-state index contributed by atoms with van der Waals surface area (Å²) in [5, 5.41) is 4.12. The predicted molar refractivity (Wildman–Crippen MR) is 94.8 cm³/mol. The number of alkyl halides is 2. The van der Waals surface area contributed by atoms with E-state index in [4.69, 9.17) is 0 Å². The van der Waals surface area contributed by atoms with Crippen LogP contribution >= 0.6 is 0 Å². The minimum absolute atomic E-state index is 0.0204. The van der Waals surface area contributed by atoms with Gasteiger partial charge in [-0.25, -0.2) is 18.6 Å². The first-order chi connectivity index (χ1) is 12.1. The maximum Gasteiger partial charge on any atom is 0.255 e. The minimum atomic E-state index is -1.69. The molecule has 0 fully saturated rings. The quantitative estimate of drug-likeness (QED) is 0.855. The van der Waals surface area contributed by atoms with E-state index in [0.29, 0.717) is 11.3 Å². The SMILES string of the molecule is CC1CC(C)(C)c2c(F)ccc(NC(=O)C3=CN(C)NC3(CF)CF)c21. The molecule has 0 bridgehead atoms. The molecule has 142 valence electrons. The van der Waals surface area contributed by atoms with E-state index in [2.05, 4.69) is 10.7 Å². The third kappa shape index (κ3) is 2.78. The molecule has 0 saturated heterocycles. The zero-order chi connectivity index (χ0) is 19.3.